The summed E-state index contributed by atoms with van der Waals surface area (Å²) in [6, 6.07) is 25.0. The fourth-order valence-electron chi connectivity index (χ4n) is 3.93. The number of amides is 4. The number of imide groups is 1. The predicted molar refractivity (Wildman–Crippen MR) is 129 cm³/mol. The van der Waals surface area contributed by atoms with Crippen molar-refractivity contribution in [2.24, 2.45) is 0 Å². The normalized spacial score (nSPS) is 14.7. The van der Waals surface area contributed by atoms with E-state index in [1.807, 2.05) is 43.3 Å². The molecule has 3 aromatic carbocycles. The van der Waals surface area contributed by atoms with Gasteiger partial charge in [-0.2, -0.15) is 5.01 Å². The summed E-state index contributed by atoms with van der Waals surface area (Å²) in [7, 11) is 0. The molecule has 1 aromatic heterocycles. The molecule has 1 aliphatic heterocycles. The van der Waals surface area contributed by atoms with Gasteiger partial charge in [0.05, 0.1) is 0 Å². The molecule has 4 amide bonds. The van der Waals surface area contributed by atoms with Gasteiger partial charge in [0, 0.05) is 10.9 Å². The van der Waals surface area contributed by atoms with Crippen molar-refractivity contribution < 1.29 is 14.4 Å². The molecular weight excluding hydrogens is 448 g/mol. The lowest BCUT2D eigenvalue weighted by atomic mass is 9.83. The fraction of sp³-hybridized carbons (Fsp3) is 0.0769. The van der Waals surface area contributed by atoms with E-state index >= 15 is 0 Å². The first kappa shape index (κ1) is 21.5. The third-order valence-corrected chi connectivity index (χ3v) is 6.58. The minimum absolute atomic E-state index is 0.123. The number of aryl methyl sites for hydroxylation is 1. The third-order valence-electron chi connectivity index (χ3n) is 5.68. The van der Waals surface area contributed by atoms with Crippen LogP contribution in [0.15, 0.2) is 90.3 Å². The Labute approximate surface area is 200 Å². The SMILES string of the molecule is Cc1ccc(-c2nc(C(=O)NN3C(=O)NC(c4ccccc4)(c4ccccc4)C3=O)cs2)cc1. The van der Waals surface area contributed by atoms with Gasteiger partial charge in [-0.3, -0.25) is 15.0 Å². The summed E-state index contributed by atoms with van der Waals surface area (Å²) in [5.74, 6) is -1.24. The molecule has 2 heterocycles. The number of urea groups is 1. The summed E-state index contributed by atoms with van der Waals surface area (Å²) >= 11 is 1.31. The number of rotatable bonds is 5. The van der Waals surface area contributed by atoms with E-state index in [0.29, 0.717) is 16.1 Å². The highest BCUT2D eigenvalue weighted by atomic mass is 32.1. The van der Waals surface area contributed by atoms with Crippen LogP contribution in [0.4, 0.5) is 4.79 Å². The number of thiazole rings is 1. The quantitative estimate of drug-likeness (QED) is 0.428. The summed E-state index contributed by atoms with van der Waals surface area (Å²) < 4.78 is 0. The number of nitrogens with one attached hydrogen (secondary N) is 2. The highest BCUT2D eigenvalue weighted by molar-refractivity contribution is 7.13. The summed E-state index contributed by atoms with van der Waals surface area (Å²) in [4.78, 5) is 43.9. The highest BCUT2D eigenvalue weighted by Gasteiger charge is 2.54. The first-order valence-electron chi connectivity index (χ1n) is 10.6. The van der Waals surface area contributed by atoms with Gasteiger partial charge in [-0.25, -0.2) is 9.78 Å². The summed E-state index contributed by atoms with van der Waals surface area (Å²) in [5.41, 5.74) is 4.29. The molecule has 5 rings (SSSR count). The van der Waals surface area contributed by atoms with Crippen LogP contribution in [0.1, 0.15) is 27.2 Å². The molecular formula is C26H20N4O3S. The van der Waals surface area contributed by atoms with Crippen LogP contribution in [-0.2, 0) is 10.3 Å². The molecule has 0 atom stereocenters. The number of aromatic nitrogens is 1. The van der Waals surface area contributed by atoms with Crippen molar-refractivity contribution >= 4 is 29.2 Å². The minimum atomic E-state index is -1.46. The maximum atomic E-state index is 13.7. The number of carbonyl (C=O) groups is 3. The van der Waals surface area contributed by atoms with Crippen molar-refractivity contribution in [2.45, 2.75) is 12.5 Å². The molecule has 8 heteroatoms. The second-order valence-electron chi connectivity index (χ2n) is 7.90. The molecule has 168 valence electrons. The van der Waals surface area contributed by atoms with Gasteiger partial charge in [0.1, 0.15) is 10.7 Å². The highest BCUT2D eigenvalue weighted by Crippen LogP contribution is 2.35. The van der Waals surface area contributed by atoms with Crippen LogP contribution in [0, 0.1) is 6.92 Å². The van der Waals surface area contributed by atoms with E-state index in [2.05, 4.69) is 15.7 Å². The zero-order chi connectivity index (χ0) is 23.7. The Balaban J connectivity index is 1.44. The van der Waals surface area contributed by atoms with Crippen molar-refractivity contribution in [2.75, 3.05) is 0 Å². The van der Waals surface area contributed by atoms with Crippen LogP contribution < -0.4 is 10.7 Å². The van der Waals surface area contributed by atoms with Crippen LogP contribution in [0.2, 0.25) is 0 Å². The molecule has 0 unspecified atom stereocenters. The number of hydrogen-bond acceptors (Lipinski definition) is 5. The van der Waals surface area contributed by atoms with Crippen molar-refractivity contribution in [1.29, 1.82) is 0 Å². The van der Waals surface area contributed by atoms with Crippen molar-refractivity contribution in [3.8, 4) is 10.6 Å². The Morgan fingerprint density at radius 3 is 2.09 bits per heavy atom. The molecule has 1 fully saturated rings. The molecule has 34 heavy (non-hydrogen) atoms. The first-order valence-corrected chi connectivity index (χ1v) is 11.5. The predicted octanol–water partition coefficient (Wildman–Crippen LogP) is 4.26. The lowest BCUT2D eigenvalue weighted by molar-refractivity contribution is -0.131. The molecule has 0 aliphatic carbocycles. The average Bonchev–Trinajstić information content (AvgIpc) is 3.46. The van der Waals surface area contributed by atoms with E-state index in [4.69, 9.17) is 0 Å². The topological polar surface area (TPSA) is 91.4 Å². The molecule has 4 aromatic rings. The van der Waals surface area contributed by atoms with Gasteiger partial charge >= 0.3 is 6.03 Å². The Morgan fingerprint density at radius 2 is 1.50 bits per heavy atom. The van der Waals surface area contributed by atoms with E-state index in [1.165, 1.54) is 11.3 Å². The maximum absolute atomic E-state index is 13.7. The molecule has 1 saturated heterocycles. The zero-order valence-corrected chi connectivity index (χ0v) is 19.0. The van der Waals surface area contributed by atoms with Gasteiger partial charge in [-0.05, 0) is 18.1 Å². The Hall–Kier alpha value is -4.30. The van der Waals surface area contributed by atoms with E-state index < -0.39 is 23.4 Å². The second-order valence-corrected chi connectivity index (χ2v) is 8.76. The van der Waals surface area contributed by atoms with Gasteiger partial charge in [0.15, 0.2) is 5.54 Å². The van der Waals surface area contributed by atoms with Crippen LogP contribution in [0.5, 0.6) is 0 Å². The van der Waals surface area contributed by atoms with Crippen LogP contribution in [-0.4, -0.2) is 27.8 Å². The summed E-state index contributed by atoms with van der Waals surface area (Å²) in [5, 5.41) is 5.80. The van der Waals surface area contributed by atoms with Crippen LogP contribution >= 0.6 is 11.3 Å². The largest absolute Gasteiger partial charge is 0.344 e. The fourth-order valence-corrected chi connectivity index (χ4v) is 4.74. The second kappa shape index (κ2) is 8.57. The summed E-state index contributed by atoms with van der Waals surface area (Å²) in [6.07, 6.45) is 0. The van der Waals surface area contributed by atoms with Crippen molar-refractivity contribution in [3.05, 3.63) is 113 Å². The van der Waals surface area contributed by atoms with E-state index in [-0.39, 0.29) is 5.69 Å². The monoisotopic (exact) mass is 468 g/mol. The number of hydrogen-bond donors (Lipinski definition) is 2. The molecule has 0 saturated carbocycles. The summed E-state index contributed by atoms with van der Waals surface area (Å²) in [6.45, 7) is 1.99. The number of hydrazine groups is 1. The molecule has 1 aliphatic rings. The van der Waals surface area contributed by atoms with Gasteiger partial charge in [-0.1, -0.05) is 90.5 Å². The van der Waals surface area contributed by atoms with E-state index in [1.54, 1.807) is 53.9 Å². The first-order chi connectivity index (χ1) is 16.5. The number of nitrogens with zero attached hydrogens (tertiary/aromatic N) is 2. The molecule has 0 radical (unpaired) electrons. The third kappa shape index (κ3) is 3.64. The Morgan fingerprint density at radius 1 is 0.912 bits per heavy atom. The minimum Gasteiger partial charge on any atom is -0.314 e. The Kier molecular flexibility index (Phi) is 5.43. The van der Waals surface area contributed by atoms with Crippen LogP contribution in [0.3, 0.4) is 0 Å². The van der Waals surface area contributed by atoms with Crippen LogP contribution in [0.25, 0.3) is 10.6 Å². The van der Waals surface area contributed by atoms with Gasteiger partial charge in [0.2, 0.25) is 0 Å². The lowest BCUT2D eigenvalue weighted by Crippen LogP contribution is -2.49. The maximum Gasteiger partial charge on any atom is 0.344 e. The van der Waals surface area contributed by atoms with E-state index in [0.717, 1.165) is 16.1 Å². The lowest BCUT2D eigenvalue weighted by Gasteiger charge is -2.27. The smallest absolute Gasteiger partial charge is 0.314 e. The molecule has 7 nitrogen and oxygen atoms in total. The van der Waals surface area contributed by atoms with Crippen molar-refractivity contribution in [1.82, 2.24) is 20.7 Å². The Bertz CT molecular complexity index is 1330. The standard InChI is InChI=1S/C26H20N4O3S/c1-17-12-14-18(15-13-17)23-27-21(16-34-23)22(31)29-30-24(32)26(28-25(30)33,19-8-4-2-5-9-19)20-10-6-3-7-11-20/h2-16H,1H3,(H,28,33)(H,29,31). The average molecular weight is 469 g/mol. The molecule has 2 N–H and O–H groups in total. The van der Waals surface area contributed by atoms with Gasteiger partial charge in [-0.15, -0.1) is 11.3 Å². The molecule has 0 bridgehead atoms. The van der Waals surface area contributed by atoms with Gasteiger partial charge < -0.3 is 5.32 Å². The van der Waals surface area contributed by atoms with Gasteiger partial charge in [0.25, 0.3) is 11.8 Å². The molecule has 0 spiro atoms. The van der Waals surface area contributed by atoms with E-state index in [9.17, 15) is 14.4 Å². The number of carbonyl (C=O) groups excluding carboxylic acids is 3. The zero-order valence-electron chi connectivity index (χ0n) is 18.2. The van der Waals surface area contributed by atoms with Crippen molar-refractivity contribution in [3.63, 3.8) is 0 Å². The number of benzene rings is 3.